The minimum atomic E-state index is -1.26. The number of aryl methyl sites for hydroxylation is 1. The van der Waals surface area contributed by atoms with Gasteiger partial charge in [-0.05, 0) is 25.1 Å². The molecule has 1 fully saturated rings. The second kappa shape index (κ2) is 14.9. The van der Waals surface area contributed by atoms with Crippen LogP contribution in [0.4, 0.5) is 17.2 Å². The summed E-state index contributed by atoms with van der Waals surface area (Å²) in [6.07, 6.45) is 6.26. The fourth-order valence-electron chi connectivity index (χ4n) is 4.02. The van der Waals surface area contributed by atoms with Gasteiger partial charge >= 0.3 is 11.9 Å². The molecular weight excluding hydrogens is 570 g/mol. The van der Waals surface area contributed by atoms with E-state index in [-0.39, 0.29) is 0 Å². The summed E-state index contributed by atoms with van der Waals surface area (Å²) in [5, 5.41) is 28.9. The Morgan fingerprint density at radius 3 is 2.45 bits per heavy atom. The van der Waals surface area contributed by atoms with Gasteiger partial charge in [-0.15, -0.1) is 0 Å². The molecule has 0 aliphatic carbocycles. The van der Waals surface area contributed by atoms with Crippen LogP contribution in [0.5, 0.6) is 11.6 Å². The number of fused-ring (bicyclic) bond motifs is 1. The molecule has 226 valence electrons. The summed E-state index contributed by atoms with van der Waals surface area (Å²) < 4.78 is 16.8. The number of nitriles is 1. The number of aromatic nitrogens is 4. The Labute approximate surface area is 252 Å². The van der Waals surface area contributed by atoms with Gasteiger partial charge in [-0.1, -0.05) is 6.07 Å². The molecule has 5 rings (SSSR count). The molecule has 4 heterocycles. The van der Waals surface area contributed by atoms with Crippen LogP contribution < -0.4 is 19.7 Å². The zero-order valence-electron chi connectivity index (χ0n) is 23.9. The van der Waals surface area contributed by atoms with Gasteiger partial charge in [0, 0.05) is 48.8 Å². The average Bonchev–Trinajstić information content (AvgIpc) is 3.04. The maximum atomic E-state index is 9.98. The molecule has 14 nitrogen and oxygen atoms in total. The zero-order chi connectivity index (χ0) is 31.5. The van der Waals surface area contributed by atoms with Crippen molar-refractivity contribution >= 4 is 40.2 Å². The van der Waals surface area contributed by atoms with Crippen molar-refractivity contribution in [3.05, 3.63) is 77.9 Å². The van der Waals surface area contributed by atoms with Gasteiger partial charge in [0.1, 0.15) is 29.6 Å². The highest BCUT2D eigenvalue weighted by Gasteiger charge is 2.17. The van der Waals surface area contributed by atoms with Crippen molar-refractivity contribution in [1.29, 1.82) is 5.26 Å². The number of methoxy groups -OCH3 is 1. The number of carboxylic acids is 2. The van der Waals surface area contributed by atoms with E-state index in [1.54, 1.807) is 31.8 Å². The molecule has 44 heavy (non-hydrogen) atoms. The molecule has 0 atom stereocenters. The Bertz CT molecular complexity index is 1680. The van der Waals surface area contributed by atoms with Crippen molar-refractivity contribution < 1.29 is 34.0 Å². The van der Waals surface area contributed by atoms with E-state index in [4.69, 9.17) is 29.4 Å². The molecule has 0 spiro atoms. The highest BCUT2D eigenvalue weighted by molar-refractivity contribution is 5.90. The van der Waals surface area contributed by atoms with E-state index in [1.165, 1.54) is 0 Å². The zero-order valence-corrected chi connectivity index (χ0v) is 23.9. The van der Waals surface area contributed by atoms with Crippen LogP contribution >= 0.6 is 0 Å². The first-order valence-corrected chi connectivity index (χ1v) is 13.3. The SMILES string of the molecule is COc1cc(Nc2ccc3ncc(N4CCOCC4)nc3c2C#N)cnc1OCc1ccc(C)nc1.O=C(O)/C=C\C(=O)O. The molecule has 4 aromatic rings. The number of carboxylic acid groups (broad SMARTS) is 2. The Balaban J connectivity index is 0.000000488. The monoisotopic (exact) mass is 599 g/mol. The van der Waals surface area contributed by atoms with E-state index in [2.05, 4.69) is 31.2 Å². The van der Waals surface area contributed by atoms with E-state index < -0.39 is 11.9 Å². The molecule has 1 aliphatic rings. The number of morpholine rings is 1. The number of rotatable bonds is 9. The molecular formula is C30H29N7O7. The first-order valence-electron chi connectivity index (χ1n) is 13.3. The normalized spacial score (nSPS) is 12.6. The predicted octanol–water partition coefficient (Wildman–Crippen LogP) is 3.48. The highest BCUT2D eigenvalue weighted by Crippen LogP contribution is 2.32. The molecule has 0 bridgehead atoms. The van der Waals surface area contributed by atoms with E-state index in [9.17, 15) is 14.9 Å². The van der Waals surface area contributed by atoms with Crippen LogP contribution in [0, 0.1) is 18.3 Å². The molecule has 0 unspecified atom stereocenters. The summed E-state index contributed by atoms with van der Waals surface area (Å²) in [5.41, 5.74) is 4.71. The summed E-state index contributed by atoms with van der Waals surface area (Å²) >= 11 is 0. The van der Waals surface area contributed by atoms with Gasteiger partial charge in [0.25, 0.3) is 5.88 Å². The van der Waals surface area contributed by atoms with Gasteiger partial charge in [0.2, 0.25) is 0 Å². The number of hydrogen-bond donors (Lipinski definition) is 3. The third kappa shape index (κ3) is 8.37. The molecule has 1 aromatic carbocycles. The lowest BCUT2D eigenvalue weighted by atomic mass is 10.1. The van der Waals surface area contributed by atoms with Crippen LogP contribution in [0.15, 0.2) is 61.1 Å². The topological polar surface area (TPSA) is 193 Å². The van der Waals surface area contributed by atoms with Crippen LogP contribution in [-0.2, 0) is 20.9 Å². The van der Waals surface area contributed by atoms with E-state index in [0.29, 0.717) is 71.6 Å². The van der Waals surface area contributed by atoms with Gasteiger partial charge in [0.15, 0.2) is 5.75 Å². The van der Waals surface area contributed by atoms with Crippen LogP contribution in [0.25, 0.3) is 11.0 Å². The van der Waals surface area contributed by atoms with Crippen molar-refractivity contribution in [3.8, 4) is 17.7 Å². The molecule has 0 saturated carbocycles. The number of nitrogens with zero attached hydrogens (tertiary/aromatic N) is 6. The summed E-state index contributed by atoms with van der Waals surface area (Å²) in [4.78, 5) is 39.2. The van der Waals surface area contributed by atoms with Crippen molar-refractivity contribution in [2.24, 2.45) is 0 Å². The van der Waals surface area contributed by atoms with Gasteiger partial charge < -0.3 is 34.6 Å². The quantitative estimate of drug-likeness (QED) is 0.237. The molecule has 0 amide bonds. The number of aliphatic carboxylic acids is 2. The minimum Gasteiger partial charge on any atom is -0.491 e. The molecule has 14 heteroatoms. The summed E-state index contributed by atoms with van der Waals surface area (Å²) in [6.45, 7) is 5.01. The minimum absolute atomic E-state index is 0.316. The number of carbonyl (C=O) groups is 2. The van der Waals surface area contributed by atoms with Gasteiger partial charge in [0.05, 0.1) is 49.6 Å². The van der Waals surface area contributed by atoms with Gasteiger partial charge in [-0.2, -0.15) is 5.26 Å². The van der Waals surface area contributed by atoms with Gasteiger partial charge in [-0.3, -0.25) is 9.97 Å². The number of ether oxygens (including phenoxy) is 3. The predicted molar refractivity (Wildman–Crippen MR) is 159 cm³/mol. The van der Waals surface area contributed by atoms with Crippen LogP contribution in [0.1, 0.15) is 16.8 Å². The molecule has 3 N–H and O–H groups in total. The lowest BCUT2D eigenvalue weighted by Crippen LogP contribution is -2.36. The molecule has 3 aromatic heterocycles. The number of benzene rings is 1. The van der Waals surface area contributed by atoms with E-state index in [1.807, 2.05) is 31.2 Å². The molecule has 0 radical (unpaired) electrons. The van der Waals surface area contributed by atoms with E-state index >= 15 is 0 Å². The Hall–Kier alpha value is -5.81. The maximum absolute atomic E-state index is 9.98. The average molecular weight is 600 g/mol. The first kappa shape index (κ1) is 31.1. The first-order chi connectivity index (χ1) is 21.3. The lowest BCUT2D eigenvalue weighted by Gasteiger charge is -2.27. The summed E-state index contributed by atoms with van der Waals surface area (Å²) in [7, 11) is 1.56. The van der Waals surface area contributed by atoms with Crippen LogP contribution in [-0.4, -0.2) is 75.5 Å². The van der Waals surface area contributed by atoms with Crippen molar-refractivity contribution in [2.45, 2.75) is 13.5 Å². The van der Waals surface area contributed by atoms with Gasteiger partial charge in [-0.25, -0.2) is 19.6 Å². The standard InChI is InChI=1S/C26H25N7O3.C4H4O4/c1-17-3-4-18(13-28-17)16-36-26-23(34-2)11-19(14-30-26)31-21-5-6-22-25(20(21)12-27)32-24(15-29-22)33-7-9-35-10-8-33;5-3(6)1-2-4(7)8/h3-6,11,13-15,31H,7-10,16H2,1-2H3;1-2H,(H,5,6)(H,7,8)/b;2-1-. The van der Waals surface area contributed by atoms with Crippen LogP contribution in [0.3, 0.4) is 0 Å². The third-order valence-electron chi connectivity index (χ3n) is 6.18. The number of anilines is 3. The number of hydrogen-bond acceptors (Lipinski definition) is 12. The van der Waals surface area contributed by atoms with Crippen LogP contribution in [0.2, 0.25) is 0 Å². The van der Waals surface area contributed by atoms with E-state index in [0.717, 1.165) is 30.2 Å². The van der Waals surface area contributed by atoms with Crippen molar-refractivity contribution in [2.75, 3.05) is 43.6 Å². The second-order valence-corrected chi connectivity index (χ2v) is 9.26. The van der Waals surface area contributed by atoms with Crippen molar-refractivity contribution in [1.82, 2.24) is 19.9 Å². The largest absolute Gasteiger partial charge is 0.491 e. The fraction of sp³-hybridized carbons (Fsp3) is 0.233. The Kier molecular flexibility index (Phi) is 10.5. The van der Waals surface area contributed by atoms with Crippen molar-refractivity contribution in [3.63, 3.8) is 0 Å². The number of nitrogens with one attached hydrogen (secondary N) is 1. The Morgan fingerprint density at radius 1 is 1.07 bits per heavy atom. The lowest BCUT2D eigenvalue weighted by molar-refractivity contribution is -0.134. The third-order valence-corrected chi connectivity index (χ3v) is 6.18. The highest BCUT2D eigenvalue weighted by atomic mass is 16.5. The maximum Gasteiger partial charge on any atom is 0.328 e. The molecule has 1 aliphatic heterocycles. The number of pyridine rings is 2. The molecule has 1 saturated heterocycles. The fourth-order valence-corrected chi connectivity index (χ4v) is 4.02. The second-order valence-electron chi connectivity index (χ2n) is 9.26. The summed E-state index contributed by atoms with van der Waals surface area (Å²) in [6, 6.07) is 11.6. The smallest absolute Gasteiger partial charge is 0.328 e. The Morgan fingerprint density at radius 2 is 1.82 bits per heavy atom. The summed E-state index contributed by atoms with van der Waals surface area (Å²) in [5.74, 6) is -0.953.